The number of benzene rings is 1. The third-order valence-corrected chi connectivity index (χ3v) is 2.58. The molecule has 0 aliphatic rings. The van der Waals surface area contributed by atoms with Gasteiger partial charge in [0.15, 0.2) is 11.5 Å². The molecule has 5 nitrogen and oxygen atoms in total. The fraction of sp³-hybridized carbons (Fsp3) is 0.100. The number of nitrogens with zero attached hydrogens (tertiary/aromatic N) is 3. The van der Waals surface area contributed by atoms with Crippen LogP contribution in [0.25, 0.3) is 5.69 Å². The first-order chi connectivity index (χ1) is 8.02. The van der Waals surface area contributed by atoms with E-state index in [-0.39, 0.29) is 16.4 Å². The predicted octanol–water partition coefficient (Wildman–Crippen LogP) is 1.47. The second-order valence-corrected chi connectivity index (χ2v) is 3.78. The van der Waals surface area contributed by atoms with Crippen LogP contribution in [-0.4, -0.2) is 20.9 Å². The molecule has 0 saturated carbocycles. The number of amides is 1. The van der Waals surface area contributed by atoms with E-state index in [1.54, 1.807) is 13.0 Å². The molecule has 0 fully saturated rings. The third-order valence-electron chi connectivity index (χ3n) is 2.29. The van der Waals surface area contributed by atoms with Crippen molar-refractivity contribution in [1.82, 2.24) is 15.0 Å². The Morgan fingerprint density at radius 3 is 2.82 bits per heavy atom. The first-order valence-electron chi connectivity index (χ1n) is 4.69. The highest BCUT2D eigenvalue weighted by molar-refractivity contribution is 6.30. The molecule has 7 heteroatoms. The first kappa shape index (κ1) is 11.5. The minimum Gasteiger partial charge on any atom is -0.364 e. The van der Waals surface area contributed by atoms with Crippen LogP contribution >= 0.6 is 11.6 Å². The Kier molecular flexibility index (Phi) is 2.81. The van der Waals surface area contributed by atoms with Crippen molar-refractivity contribution in [3.05, 3.63) is 40.4 Å². The monoisotopic (exact) mass is 254 g/mol. The SMILES string of the molecule is Cc1c(C(N)=O)nnn1-c1cccc(Cl)c1F. The highest BCUT2D eigenvalue weighted by atomic mass is 35.5. The van der Waals surface area contributed by atoms with Crippen LogP contribution in [0.3, 0.4) is 0 Å². The van der Waals surface area contributed by atoms with Crippen molar-refractivity contribution in [2.75, 3.05) is 0 Å². The van der Waals surface area contributed by atoms with Gasteiger partial charge in [-0.25, -0.2) is 9.07 Å². The molecule has 17 heavy (non-hydrogen) atoms. The minimum absolute atomic E-state index is 0.00405. The Hall–Kier alpha value is -1.95. The van der Waals surface area contributed by atoms with Gasteiger partial charge in [-0.2, -0.15) is 0 Å². The lowest BCUT2D eigenvalue weighted by atomic mass is 10.2. The molecular weight excluding hydrogens is 247 g/mol. The summed E-state index contributed by atoms with van der Waals surface area (Å²) in [6.07, 6.45) is 0. The van der Waals surface area contributed by atoms with Gasteiger partial charge in [-0.15, -0.1) is 5.10 Å². The summed E-state index contributed by atoms with van der Waals surface area (Å²) in [6, 6.07) is 4.47. The molecule has 1 aromatic heterocycles. The van der Waals surface area contributed by atoms with Gasteiger partial charge in [0, 0.05) is 0 Å². The molecule has 1 amide bonds. The third kappa shape index (κ3) is 1.87. The van der Waals surface area contributed by atoms with Crippen molar-refractivity contribution in [1.29, 1.82) is 0 Å². The minimum atomic E-state index is -0.712. The van der Waals surface area contributed by atoms with Gasteiger partial charge < -0.3 is 5.73 Å². The van der Waals surface area contributed by atoms with Gasteiger partial charge in [0.25, 0.3) is 5.91 Å². The van der Waals surface area contributed by atoms with Gasteiger partial charge in [-0.1, -0.05) is 22.9 Å². The highest BCUT2D eigenvalue weighted by Gasteiger charge is 2.17. The Balaban J connectivity index is 2.62. The summed E-state index contributed by atoms with van der Waals surface area (Å²) in [5.41, 5.74) is 5.58. The van der Waals surface area contributed by atoms with Gasteiger partial charge >= 0.3 is 0 Å². The molecule has 0 radical (unpaired) electrons. The smallest absolute Gasteiger partial charge is 0.271 e. The van der Waals surface area contributed by atoms with E-state index in [1.165, 1.54) is 16.8 Å². The van der Waals surface area contributed by atoms with Crippen LogP contribution in [0.15, 0.2) is 18.2 Å². The zero-order valence-electron chi connectivity index (χ0n) is 8.82. The van der Waals surface area contributed by atoms with E-state index in [9.17, 15) is 9.18 Å². The molecule has 0 bridgehead atoms. The van der Waals surface area contributed by atoms with Crippen molar-refractivity contribution in [2.45, 2.75) is 6.92 Å². The van der Waals surface area contributed by atoms with Gasteiger partial charge in [0.1, 0.15) is 5.69 Å². The van der Waals surface area contributed by atoms with Crippen LogP contribution in [-0.2, 0) is 0 Å². The Morgan fingerprint density at radius 1 is 1.53 bits per heavy atom. The second kappa shape index (κ2) is 4.14. The van der Waals surface area contributed by atoms with Crippen LogP contribution in [0.4, 0.5) is 4.39 Å². The number of hydrogen-bond donors (Lipinski definition) is 1. The standard InChI is InChI=1S/C10H8ClFN4O/c1-5-9(10(13)17)14-15-16(5)7-4-2-3-6(11)8(7)12/h2-4H,1H3,(H2,13,17). The predicted molar refractivity (Wildman–Crippen MR) is 59.6 cm³/mol. The first-order valence-corrected chi connectivity index (χ1v) is 5.06. The summed E-state index contributed by atoms with van der Waals surface area (Å²) in [6.45, 7) is 1.57. The summed E-state index contributed by atoms with van der Waals surface area (Å²) in [5, 5.41) is 7.24. The number of carbonyl (C=O) groups is 1. The summed E-state index contributed by atoms with van der Waals surface area (Å²) < 4.78 is 14.9. The molecule has 2 N–H and O–H groups in total. The second-order valence-electron chi connectivity index (χ2n) is 3.37. The number of nitrogens with two attached hydrogens (primary N) is 1. The number of aromatic nitrogens is 3. The average Bonchev–Trinajstić information content (AvgIpc) is 2.64. The van der Waals surface area contributed by atoms with Gasteiger partial charge in [-0.05, 0) is 19.1 Å². The number of hydrogen-bond acceptors (Lipinski definition) is 3. The van der Waals surface area contributed by atoms with Crippen molar-refractivity contribution in [3.8, 4) is 5.69 Å². The quantitative estimate of drug-likeness (QED) is 0.882. The van der Waals surface area contributed by atoms with Crippen LogP contribution in [0.1, 0.15) is 16.2 Å². The van der Waals surface area contributed by atoms with Crippen LogP contribution in [0.5, 0.6) is 0 Å². The Morgan fingerprint density at radius 2 is 2.24 bits per heavy atom. The largest absolute Gasteiger partial charge is 0.364 e. The van der Waals surface area contributed by atoms with Crippen molar-refractivity contribution in [3.63, 3.8) is 0 Å². The molecule has 0 saturated heterocycles. The molecule has 2 aromatic rings. The van der Waals surface area contributed by atoms with Gasteiger partial charge in [0.05, 0.1) is 10.7 Å². The molecule has 2 rings (SSSR count). The maximum absolute atomic E-state index is 13.7. The maximum Gasteiger partial charge on any atom is 0.271 e. The van der Waals surface area contributed by atoms with E-state index in [2.05, 4.69) is 10.3 Å². The maximum atomic E-state index is 13.7. The fourth-order valence-electron chi connectivity index (χ4n) is 1.44. The zero-order valence-corrected chi connectivity index (χ0v) is 9.57. The molecular formula is C10H8ClFN4O. The van der Waals surface area contributed by atoms with Crippen molar-refractivity contribution in [2.24, 2.45) is 5.73 Å². The highest BCUT2D eigenvalue weighted by Crippen LogP contribution is 2.22. The molecule has 0 spiro atoms. The van der Waals surface area contributed by atoms with E-state index in [0.717, 1.165) is 0 Å². The van der Waals surface area contributed by atoms with Crippen molar-refractivity contribution < 1.29 is 9.18 Å². The Bertz CT molecular complexity index is 596. The molecule has 0 atom stereocenters. The van der Waals surface area contributed by atoms with Crippen LogP contribution in [0, 0.1) is 12.7 Å². The molecule has 0 aliphatic carbocycles. The lowest BCUT2D eigenvalue weighted by Crippen LogP contribution is -2.13. The van der Waals surface area contributed by atoms with E-state index in [1.807, 2.05) is 0 Å². The van der Waals surface area contributed by atoms with E-state index < -0.39 is 11.7 Å². The molecule has 88 valence electrons. The normalized spacial score (nSPS) is 10.5. The van der Waals surface area contributed by atoms with E-state index in [4.69, 9.17) is 17.3 Å². The fourth-order valence-corrected chi connectivity index (χ4v) is 1.61. The summed E-state index contributed by atoms with van der Waals surface area (Å²) in [5.74, 6) is -1.34. The van der Waals surface area contributed by atoms with Gasteiger partial charge in [-0.3, -0.25) is 4.79 Å². The topological polar surface area (TPSA) is 73.8 Å². The lowest BCUT2D eigenvalue weighted by molar-refractivity contribution is 0.0995. The number of primary amides is 1. The van der Waals surface area contributed by atoms with Crippen LogP contribution < -0.4 is 5.73 Å². The average molecular weight is 255 g/mol. The molecule has 0 unspecified atom stereocenters. The van der Waals surface area contributed by atoms with Gasteiger partial charge in [0.2, 0.25) is 0 Å². The number of halogens is 2. The number of carbonyl (C=O) groups excluding carboxylic acids is 1. The molecule has 0 aliphatic heterocycles. The Labute approximate surface area is 101 Å². The lowest BCUT2D eigenvalue weighted by Gasteiger charge is -2.05. The van der Waals surface area contributed by atoms with E-state index >= 15 is 0 Å². The van der Waals surface area contributed by atoms with Crippen molar-refractivity contribution >= 4 is 17.5 Å². The van der Waals surface area contributed by atoms with E-state index in [0.29, 0.717) is 5.69 Å². The summed E-state index contributed by atoms with van der Waals surface area (Å²) in [7, 11) is 0. The summed E-state index contributed by atoms with van der Waals surface area (Å²) >= 11 is 5.66. The number of rotatable bonds is 2. The molecule has 1 aromatic carbocycles. The summed E-state index contributed by atoms with van der Waals surface area (Å²) in [4.78, 5) is 11.0. The van der Waals surface area contributed by atoms with Crippen LogP contribution in [0.2, 0.25) is 5.02 Å². The molecule has 1 heterocycles. The zero-order chi connectivity index (χ0) is 12.6.